The Morgan fingerprint density at radius 3 is 2.37 bits per heavy atom. The summed E-state index contributed by atoms with van der Waals surface area (Å²) in [6.07, 6.45) is 0. The highest BCUT2D eigenvalue weighted by Gasteiger charge is 2.20. The average molecular weight is 534 g/mol. The van der Waals surface area contributed by atoms with Crippen LogP contribution in [0.15, 0.2) is 95.9 Å². The monoisotopic (exact) mass is 533 g/mol. The van der Waals surface area contributed by atoms with Crippen molar-refractivity contribution in [1.29, 1.82) is 0 Å². The van der Waals surface area contributed by atoms with Crippen molar-refractivity contribution in [1.82, 2.24) is 5.32 Å². The molecule has 1 unspecified atom stereocenters. The molecule has 0 aliphatic heterocycles. The van der Waals surface area contributed by atoms with Gasteiger partial charge in [-0.1, -0.05) is 42.5 Å². The number of ether oxygens (including phenoxy) is 2. The molecule has 0 heterocycles. The lowest BCUT2D eigenvalue weighted by molar-refractivity contribution is 0.0952. The lowest BCUT2D eigenvalue weighted by atomic mass is 10.1. The van der Waals surface area contributed by atoms with Crippen LogP contribution >= 0.6 is 0 Å². The maximum absolute atomic E-state index is 14.3. The molecule has 0 saturated carbocycles. The van der Waals surface area contributed by atoms with E-state index < -0.39 is 11.4 Å². The zero-order chi connectivity index (χ0) is 26.9. The Kier molecular flexibility index (Phi) is 9.07. The zero-order valence-electron chi connectivity index (χ0n) is 21.0. The third-order valence-electron chi connectivity index (χ3n) is 5.71. The molecule has 4 aromatic carbocycles. The Labute approximate surface area is 224 Å². The smallest absolute Gasteiger partial charge is 0.255 e. The highest BCUT2D eigenvalue weighted by Crippen LogP contribution is 2.32. The molecule has 9 heteroatoms. The summed E-state index contributed by atoms with van der Waals surface area (Å²) in [7, 11) is 3.02. The van der Waals surface area contributed by atoms with Crippen molar-refractivity contribution in [3.63, 3.8) is 0 Å². The fourth-order valence-electron chi connectivity index (χ4n) is 3.85. The van der Waals surface area contributed by atoms with Gasteiger partial charge in [0.25, 0.3) is 5.91 Å². The van der Waals surface area contributed by atoms with E-state index in [4.69, 9.17) is 9.47 Å². The Morgan fingerprint density at radius 1 is 0.842 bits per heavy atom. The minimum absolute atomic E-state index is 0.221. The number of nitrogens with one attached hydrogen (secondary N) is 3. The number of para-hydroxylation sites is 1. The lowest BCUT2D eigenvalue weighted by Crippen LogP contribution is -2.29. The highest BCUT2D eigenvalue weighted by atomic mass is 32.2. The number of hydrogen-bond donors (Lipinski definition) is 3. The van der Waals surface area contributed by atoms with Gasteiger partial charge in [0.2, 0.25) is 4.90 Å². The van der Waals surface area contributed by atoms with Crippen LogP contribution in [0.5, 0.6) is 11.5 Å². The van der Waals surface area contributed by atoms with Crippen molar-refractivity contribution in [2.75, 3.05) is 37.3 Å². The van der Waals surface area contributed by atoms with Gasteiger partial charge in [-0.25, -0.2) is 9.11 Å². The molecule has 3 N–H and O–H groups in total. The molecule has 0 radical (unpaired) electrons. The van der Waals surface area contributed by atoms with Crippen molar-refractivity contribution < 1.29 is 23.2 Å². The molecule has 196 valence electrons. The van der Waals surface area contributed by atoms with Gasteiger partial charge in [-0.05, 0) is 48.0 Å². The van der Waals surface area contributed by atoms with Crippen LogP contribution in [0.3, 0.4) is 0 Å². The first-order valence-corrected chi connectivity index (χ1v) is 13.0. The maximum atomic E-state index is 14.3. The van der Waals surface area contributed by atoms with E-state index in [2.05, 4.69) is 15.4 Å². The van der Waals surface area contributed by atoms with Crippen LogP contribution in [0, 0.1) is 5.82 Å². The number of benzene rings is 4. The van der Waals surface area contributed by atoms with Gasteiger partial charge in [-0.3, -0.25) is 4.79 Å². The molecule has 38 heavy (non-hydrogen) atoms. The number of hydrogen-bond acceptors (Lipinski definition) is 6. The second-order valence-corrected chi connectivity index (χ2v) is 9.36. The number of anilines is 2. The van der Waals surface area contributed by atoms with Gasteiger partial charge in [-0.15, -0.1) is 0 Å². The van der Waals surface area contributed by atoms with Crippen LogP contribution in [-0.2, 0) is 11.4 Å². The molecular formula is C29H28FN3O4S. The lowest BCUT2D eigenvalue weighted by Gasteiger charge is -2.16. The molecule has 0 saturated heterocycles. The minimum Gasteiger partial charge on any atom is -0.588 e. The van der Waals surface area contributed by atoms with E-state index in [0.29, 0.717) is 51.9 Å². The SMILES string of the molecule is COc1ccccc1C(=O)NCCNc1cccc(N[S+]([O-])c2cc(-c3ccccc3F)ccc2OC)c1. The maximum Gasteiger partial charge on any atom is 0.255 e. The summed E-state index contributed by atoms with van der Waals surface area (Å²) in [5.41, 5.74) is 2.88. The largest absolute Gasteiger partial charge is 0.588 e. The third-order valence-corrected chi connectivity index (χ3v) is 6.85. The Balaban J connectivity index is 1.38. The summed E-state index contributed by atoms with van der Waals surface area (Å²) in [5, 5.41) is 6.10. The molecule has 1 atom stereocenters. The fourth-order valence-corrected chi connectivity index (χ4v) is 4.87. The van der Waals surface area contributed by atoms with Crippen LogP contribution in [0.2, 0.25) is 0 Å². The van der Waals surface area contributed by atoms with Gasteiger partial charge >= 0.3 is 0 Å². The predicted octanol–water partition coefficient (Wildman–Crippen LogP) is 5.49. The number of halogens is 1. The standard InChI is InChI=1S/C29H28FN3O4S/c1-36-26-13-6-4-11-24(26)29(34)32-17-16-31-21-8-7-9-22(19-21)33-38(35)28-18-20(14-15-27(28)37-2)23-10-3-5-12-25(23)30/h3-15,18-19,31,33H,16-17H2,1-2H3,(H,32,34). The molecule has 0 aromatic heterocycles. The summed E-state index contributed by atoms with van der Waals surface area (Å²) >= 11 is -1.68. The first-order chi connectivity index (χ1) is 18.5. The van der Waals surface area contributed by atoms with E-state index in [9.17, 15) is 13.7 Å². The molecule has 0 aliphatic rings. The summed E-state index contributed by atoms with van der Waals surface area (Å²) in [4.78, 5) is 12.8. The second kappa shape index (κ2) is 12.8. The van der Waals surface area contributed by atoms with Gasteiger partial charge in [0.1, 0.15) is 22.9 Å². The Hall–Kier alpha value is -4.21. The molecule has 0 bridgehead atoms. The highest BCUT2D eigenvalue weighted by molar-refractivity contribution is 7.92. The fraction of sp³-hybridized carbons (Fsp3) is 0.138. The van der Waals surface area contributed by atoms with Crippen molar-refractivity contribution in [2.24, 2.45) is 0 Å². The van der Waals surface area contributed by atoms with E-state index in [1.807, 2.05) is 18.2 Å². The van der Waals surface area contributed by atoms with Crippen LogP contribution in [0.25, 0.3) is 11.1 Å². The van der Waals surface area contributed by atoms with Crippen molar-refractivity contribution >= 4 is 28.6 Å². The number of carbonyl (C=O) groups excluding carboxylic acids is 1. The average Bonchev–Trinajstić information content (AvgIpc) is 2.95. The van der Waals surface area contributed by atoms with Gasteiger partial charge in [0.05, 0.1) is 25.5 Å². The van der Waals surface area contributed by atoms with Crippen molar-refractivity contribution in [3.8, 4) is 22.6 Å². The predicted molar refractivity (Wildman–Crippen MR) is 149 cm³/mol. The van der Waals surface area contributed by atoms with E-state index in [0.717, 1.165) is 5.69 Å². The van der Waals surface area contributed by atoms with Crippen LogP contribution < -0.4 is 24.8 Å². The summed E-state index contributed by atoms with van der Waals surface area (Å²) in [6.45, 7) is 0.868. The van der Waals surface area contributed by atoms with Gasteiger partial charge in [0, 0.05) is 30.4 Å². The zero-order valence-corrected chi connectivity index (χ0v) is 21.8. The molecule has 1 amide bonds. The Bertz CT molecular complexity index is 1400. The number of carbonyl (C=O) groups is 1. The molecule has 0 aliphatic carbocycles. The molecule has 4 aromatic rings. The number of rotatable bonds is 11. The van der Waals surface area contributed by atoms with E-state index >= 15 is 0 Å². The van der Waals surface area contributed by atoms with Gasteiger partial charge in [0.15, 0.2) is 5.75 Å². The first kappa shape index (κ1) is 26.8. The minimum atomic E-state index is -1.68. The van der Waals surface area contributed by atoms with Crippen LogP contribution in [-0.4, -0.2) is 37.8 Å². The van der Waals surface area contributed by atoms with Crippen molar-refractivity contribution in [2.45, 2.75) is 4.90 Å². The van der Waals surface area contributed by atoms with Gasteiger partial charge in [-0.2, -0.15) is 0 Å². The topological polar surface area (TPSA) is 94.7 Å². The number of methoxy groups -OCH3 is 2. The first-order valence-electron chi connectivity index (χ1n) is 11.9. The van der Waals surface area contributed by atoms with Crippen LogP contribution in [0.1, 0.15) is 10.4 Å². The molecular weight excluding hydrogens is 505 g/mol. The van der Waals surface area contributed by atoms with Crippen LogP contribution in [0.4, 0.5) is 15.8 Å². The quantitative estimate of drug-likeness (QED) is 0.174. The second-order valence-electron chi connectivity index (χ2n) is 8.18. The number of amides is 1. The normalized spacial score (nSPS) is 11.4. The van der Waals surface area contributed by atoms with Gasteiger partial charge < -0.3 is 24.7 Å². The molecule has 0 fully saturated rings. The molecule has 7 nitrogen and oxygen atoms in total. The van der Waals surface area contributed by atoms with Crippen molar-refractivity contribution in [3.05, 3.63) is 102 Å². The Morgan fingerprint density at radius 2 is 1.58 bits per heavy atom. The molecule has 0 spiro atoms. The van der Waals surface area contributed by atoms with E-state index in [1.165, 1.54) is 20.3 Å². The third kappa shape index (κ3) is 6.56. The molecule has 4 rings (SSSR count). The van der Waals surface area contributed by atoms with E-state index in [-0.39, 0.29) is 11.7 Å². The van der Waals surface area contributed by atoms with E-state index in [1.54, 1.807) is 66.7 Å². The summed E-state index contributed by atoms with van der Waals surface area (Å²) < 4.78 is 41.2. The summed E-state index contributed by atoms with van der Waals surface area (Å²) in [5.74, 6) is 0.360. The summed E-state index contributed by atoms with van der Waals surface area (Å²) in [6, 6.07) is 25.8.